The molecule has 0 saturated heterocycles. The molecule has 2 aromatic heterocycles. The van der Waals surface area contributed by atoms with Crippen LogP contribution in [0.25, 0.3) is 0 Å². The summed E-state index contributed by atoms with van der Waals surface area (Å²) in [6.45, 7) is 2.34. The molecule has 0 aliphatic carbocycles. The molecule has 0 aliphatic heterocycles. The number of pyridine rings is 1. The van der Waals surface area contributed by atoms with Crippen molar-refractivity contribution in [1.82, 2.24) is 19.7 Å². The first-order valence-corrected chi connectivity index (χ1v) is 10.3. The van der Waals surface area contributed by atoms with E-state index in [1.165, 1.54) is 13.4 Å². The number of aromatic nitrogens is 3. The molecule has 152 valence electrons. The molecule has 0 spiro atoms. The number of rotatable bonds is 9. The Labute approximate surface area is 169 Å². The highest BCUT2D eigenvalue weighted by Gasteiger charge is 2.19. The van der Waals surface area contributed by atoms with Crippen molar-refractivity contribution in [3.63, 3.8) is 0 Å². The van der Waals surface area contributed by atoms with Gasteiger partial charge in [-0.25, -0.2) is 28.1 Å². The van der Waals surface area contributed by atoms with E-state index in [9.17, 15) is 8.42 Å². The largest absolute Gasteiger partial charge is 0.495 e. The Bertz CT molecular complexity index is 1060. The van der Waals surface area contributed by atoms with Crippen LogP contribution in [0.2, 0.25) is 0 Å². The molecule has 3 rings (SSSR count). The maximum absolute atomic E-state index is 12.6. The number of anilines is 3. The summed E-state index contributed by atoms with van der Waals surface area (Å²) in [6, 6.07) is 12.2. The molecule has 0 fully saturated rings. The number of ether oxygens (including phenoxy) is 1. The van der Waals surface area contributed by atoms with E-state index in [2.05, 4.69) is 30.3 Å². The van der Waals surface area contributed by atoms with Crippen LogP contribution in [0, 0.1) is 6.92 Å². The van der Waals surface area contributed by atoms with Crippen LogP contribution in [0.15, 0.2) is 59.9 Å². The highest BCUT2D eigenvalue weighted by atomic mass is 32.2. The number of aryl methyl sites for hydroxylation is 1. The number of benzene rings is 1. The highest BCUT2D eigenvalue weighted by Crippen LogP contribution is 2.24. The van der Waals surface area contributed by atoms with E-state index in [1.54, 1.807) is 30.5 Å². The van der Waals surface area contributed by atoms with Crippen LogP contribution in [0.4, 0.5) is 17.5 Å². The Morgan fingerprint density at radius 3 is 2.55 bits per heavy atom. The zero-order valence-corrected chi connectivity index (χ0v) is 16.9. The molecule has 9 nitrogen and oxygen atoms in total. The molecule has 29 heavy (non-hydrogen) atoms. The second-order valence-corrected chi connectivity index (χ2v) is 7.84. The Morgan fingerprint density at radius 2 is 1.79 bits per heavy atom. The van der Waals surface area contributed by atoms with Crippen LogP contribution in [-0.4, -0.2) is 43.6 Å². The van der Waals surface area contributed by atoms with E-state index in [4.69, 9.17) is 4.74 Å². The quantitative estimate of drug-likeness (QED) is 0.457. The van der Waals surface area contributed by atoms with E-state index in [0.717, 1.165) is 5.56 Å². The van der Waals surface area contributed by atoms with Crippen molar-refractivity contribution in [2.45, 2.75) is 11.8 Å². The molecule has 10 heteroatoms. The van der Waals surface area contributed by atoms with Gasteiger partial charge in [0.1, 0.15) is 34.4 Å². The van der Waals surface area contributed by atoms with Gasteiger partial charge in [-0.3, -0.25) is 0 Å². The van der Waals surface area contributed by atoms with Gasteiger partial charge < -0.3 is 15.4 Å². The molecule has 0 saturated carbocycles. The fourth-order valence-corrected chi connectivity index (χ4v) is 3.82. The monoisotopic (exact) mass is 414 g/mol. The average molecular weight is 414 g/mol. The molecule has 0 unspecified atom stereocenters. The van der Waals surface area contributed by atoms with Crippen LogP contribution in [0.3, 0.4) is 0 Å². The standard InChI is InChI=1S/C19H22N6O3S/c1-14-6-7-15(28-2)16(11-14)29(26,27)24-10-9-21-18-12-19(23-13-22-18)25-17-5-3-4-8-20-17/h3-8,11-13,24H,9-10H2,1-2H3,(H2,20,21,22,23,25). The van der Waals surface area contributed by atoms with Gasteiger partial charge in [0, 0.05) is 25.4 Å². The Kier molecular flexibility index (Phi) is 6.57. The second kappa shape index (κ2) is 9.30. The maximum atomic E-state index is 12.6. The van der Waals surface area contributed by atoms with Crippen molar-refractivity contribution in [2.24, 2.45) is 0 Å². The van der Waals surface area contributed by atoms with Crippen LogP contribution < -0.4 is 20.1 Å². The smallest absolute Gasteiger partial charge is 0.244 e. The van der Waals surface area contributed by atoms with E-state index in [-0.39, 0.29) is 11.4 Å². The molecule has 0 amide bonds. The van der Waals surface area contributed by atoms with Gasteiger partial charge in [0.15, 0.2) is 0 Å². The summed E-state index contributed by atoms with van der Waals surface area (Å²) in [6.07, 6.45) is 3.09. The number of hydrogen-bond donors (Lipinski definition) is 3. The van der Waals surface area contributed by atoms with Crippen molar-refractivity contribution in [3.05, 3.63) is 60.6 Å². The number of nitrogens with one attached hydrogen (secondary N) is 3. The lowest BCUT2D eigenvalue weighted by molar-refractivity contribution is 0.402. The molecule has 3 aromatic rings. The van der Waals surface area contributed by atoms with Gasteiger partial charge in [-0.1, -0.05) is 12.1 Å². The first kappa shape index (κ1) is 20.5. The number of hydrogen-bond acceptors (Lipinski definition) is 8. The van der Waals surface area contributed by atoms with Crippen molar-refractivity contribution in [2.75, 3.05) is 30.8 Å². The average Bonchev–Trinajstić information content (AvgIpc) is 2.72. The molecule has 1 aromatic carbocycles. The molecule has 0 aliphatic rings. The van der Waals surface area contributed by atoms with Crippen molar-refractivity contribution in [3.8, 4) is 5.75 Å². The number of methoxy groups -OCH3 is 1. The fourth-order valence-electron chi connectivity index (χ4n) is 2.54. The zero-order chi connectivity index (χ0) is 20.7. The SMILES string of the molecule is COc1ccc(C)cc1S(=O)(=O)NCCNc1cc(Nc2ccccn2)ncn1. The molecular weight excluding hydrogens is 392 g/mol. The third kappa shape index (κ3) is 5.62. The molecule has 0 radical (unpaired) electrons. The minimum absolute atomic E-state index is 0.115. The van der Waals surface area contributed by atoms with Crippen LogP contribution in [0.1, 0.15) is 5.56 Å². The van der Waals surface area contributed by atoms with Crippen molar-refractivity contribution in [1.29, 1.82) is 0 Å². The van der Waals surface area contributed by atoms with Crippen LogP contribution in [-0.2, 0) is 10.0 Å². The molecule has 2 heterocycles. The lowest BCUT2D eigenvalue weighted by Gasteiger charge is -2.12. The lowest BCUT2D eigenvalue weighted by Crippen LogP contribution is -2.29. The van der Waals surface area contributed by atoms with Crippen LogP contribution >= 0.6 is 0 Å². The predicted molar refractivity (Wildman–Crippen MR) is 111 cm³/mol. The van der Waals surface area contributed by atoms with Gasteiger partial charge in [-0.15, -0.1) is 0 Å². The van der Waals surface area contributed by atoms with Gasteiger partial charge >= 0.3 is 0 Å². The Hall–Kier alpha value is -3.24. The molecule has 0 bridgehead atoms. The third-order valence-corrected chi connectivity index (χ3v) is 5.40. The van der Waals surface area contributed by atoms with Gasteiger partial charge in [0.05, 0.1) is 7.11 Å². The fraction of sp³-hybridized carbons (Fsp3) is 0.211. The lowest BCUT2D eigenvalue weighted by atomic mass is 10.2. The van der Waals surface area contributed by atoms with Crippen molar-refractivity contribution >= 4 is 27.5 Å². The van der Waals surface area contributed by atoms with E-state index < -0.39 is 10.0 Å². The predicted octanol–water partition coefficient (Wildman–Crippen LogP) is 2.32. The van der Waals surface area contributed by atoms with Crippen molar-refractivity contribution < 1.29 is 13.2 Å². The third-order valence-electron chi connectivity index (χ3n) is 3.92. The van der Waals surface area contributed by atoms with Gasteiger partial charge in [-0.2, -0.15) is 0 Å². The first-order valence-electron chi connectivity index (χ1n) is 8.86. The number of sulfonamides is 1. The minimum Gasteiger partial charge on any atom is -0.495 e. The van der Waals surface area contributed by atoms with E-state index in [1.807, 2.05) is 25.1 Å². The summed E-state index contributed by atoms with van der Waals surface area (Å²) >= 11 is 0. The molecule has 3 N–H and O–H groups in total. The van der Waals surface area contributed by atoms with Gasteiger partial charge in [-0.05, 0) is 36.8 Å². The first-order chi connectivity index (χ1) is 14.0. The Morgan fingerprint density at radius 1 is 0.966 bits per heavy atom. The van der Waals surface area contributed by atoms with Gasteiger partial charge in [0.25, 0.3) is 0 Å². The van der Waals surface area contributed by atoms with E-state index >= 15 is 0 Å². The maximum Gasteiger partial charge on any atom is 0.244 e. The summed E-state index contributed by atoms with van der Waals surface area (Å²) in [4.78, 5) is 12.6. The summed E-state index contributed by atoms with van der Waals surface area (Å²) in [5.41, 5.74) is 0.832. The molecule has 0 atom stereocenters. The summed E-state index contributed by atoms with van der Waals surface area (Å²) in [7, 11) is -2.26. The summed E-state index contributed by atoms with van der Waals surface area (Å²) < 4.78 is 32.9. The molecular formula is C19H22N6O3S. The minimum atomic E-state index is -3.70. The Balaban J connectivity index is 1.57. The topological polar surface area (TPSA) is 118 Å². The van der Waals surface area contributed by atoms with Crippen LogP contribution in [0.5, 0.6) is 5.75 Å². The zero-order valence-electron chi connectivity index (χ0n) is 16.1. The highest BCUT2D eigenvalue weighted by molar-refractivity contribution is 7.89. The second-order valence-electron chi connectivity index (χ2n) is 6.11. The summed E-state index contributed by atoms with van der Waals surface area (Å²) in [5.74, 6) is 2.10. The number of nitrogens with zero attached hydrogens (tertiary/aromatic N) is 3. The van der Waals surface area contributed by atoms with Gasteiger partial charge in [0.2, 0.25) is 10.0 Å². The summed E-state index contributed by atoms with van der Waals surface area (Å²) in [5, 5.41) is 6.14. The van der Waals surface area contributed by atoms with E-state index in [0.29, 0.717) is 29.7 Å². The normalized spacial score (nSPS) is 11.1.